The van der Waals surface area contributed by atoms with Crippen LogP contribution in [0.2, 0.25) is 0 Å². The zero-order valence-electron chi connectivity index (χ0n) is 12.5. The number of nitrogens with zero attached hydrogens (tertiary/aromatic N) is 2. The Morgan fingerprint density at radius 2 is 2.36 bits per heavy atom. The molecule has 1 unspecified atom stereocenters. The van der Waals surface area contributed by atoms with Crippen LogP contribution in [0.25, 0.3) is 11.0 Å². The fraction of sp³-hybridized carbons (Fsp3) is 0.500. The van der Waals surface area contributed by atoms with E-state index in [1.807, 2.05) is 18.2 Å². The van der Waals surface area contributed by atoms with Gasteiger partial charge in [0, 0.05) is 18.5 Å². The molecule has 2 aromatic rings. The number of aromatic nitrogens is 2. The molecule has 22 heavy (non-hydrogen) atoms. The third kappa shape index (κ3) is 2.33. The molecule has 0 saturated heterocycles. The summed E-state index contributed by atoms with van der Waals surface area (Å²) >= 11 is 0. The number of carbonyl (C=O) groups is 1. The van der Waals surface area contributed by atoms with E-state index in [0.717, 1.165) is 35.4 Å². The highest BCUT2D eigenvalue weighted by molar-refractivity contribution is 5.81. The normalized spacial score (nSPS) is 20.7. The van der Waals surface area contributed by atoms with E-state index in [1.165, 1.54) is 0 Å². The maximum absolute atomic E-state index is 11.9. The second-order valence-electron chi connectivity index (χ2n) is 5.94. The summed E-state index contributed by atoms with van der Waals surface area (Å²) in [6.45, 7) is 1.66. The van der Waals surface area contributed by atoms with E-state index < -0.39 is 0 Å². The van der Waals surface area contributed by atoms with E-state index in [0.29, 0.717) is 19.8 Å². The highest BCUT2D eigenvalue weighted by Gasteiger charge is 2.31. The third-order valence-electron chi connectivity index (χ3n) is 4.34. The van der Waals surface area contributed by atoms with Gasteiger partial charge in [0.15, 0.2) is 0 Å². The number of ether oxygens (including phenoxy) is 2. The van der Waals surface area contributed by atoms with Crippen molar-refractivity contribution in [1.82, 2.24) is 14.9 Å². The standard InChI is InChI=1S/C16H19N3O3/c1-21-12-4-5-13-14(6-12)19-11(8-22-9-15(19)18-13)7-17-16(20)10-2-3-10/h4-6,10-11H,2-3,7-9H2,1H3,(H,17,20). The summed E-state index contributed by atoms with van der Waals surface area (Å²) in [5, 5.41) is 3.04. The lowest BCUT2D eigenvalue weighted by atomic mass is 10.2. The first-order valence-electron chi connectivity index (χ1n) is 7.66. The van der Waals surface area contributed by atoms with Crippen LogP contribution in [0.4, 0.5) is 0 Å². The number of fused-ring (bicyclic) bond motifs is 3. The largest absolute Gasteiger partial charge is 0.497 e. The lowest BCUT2D eigenvalue weighted by Crippen LogP contribution is -2.36. The minimum absolute atomic E-state index is 0.0727. The van der Waals surface area contributed by atoms with Gasteiger partial charge in [0.2, 0.25) is 5.91 Å². The first-order valence-corrected chi connectivity index (χ1v) is 7.66. The van der Waals surface area contributed by atoms with Gasteiger partial charge in [0.05, 0.1) is 30.8 Å². The van der Waals surface area contributed by atoms with E-state index in [9.17, 15) is 4.79 Å². The van der Waals surface area contributed by atoms with Gasteiger partial charge in [-0.3, -0.25) is 4.79 Å². The monoisotopic (exact) mass is 301 g/mol. The average Bonchev–Trinajstić information content (AvgIpc) is 3.33. The minimum atomic E-state index is 0.0727. The van der Waals surface area contributed by atoms with E-state index in [1.54, 1.807) is 7.11 Å². The van der Waals surface area contributed by atoms with Crippen LogP contribution in [-0.2, 0) is 16.1 Å². The quantitative estimate of drug-likeness (QED) is 0.932. The topological polar surface area (TPSA) is 65.4 Å². The predicted octanol–water partition coefficient (Wildman–Crippen LogP) is 1.64. The summed E-state index contributed by atoms with van der Waals surface area (Å²) < 4.78 is 13.1. The second-order valence-corrected chi connectivity index (χ2v) is 5.94. The van der Waals surface area contributed by atoms with Crippen LogP contribution in [0.1, 0.15) is 24.7 Å². The van der Waals surface area contributed by atoms with Crippen LogP contribution >= 0.6 is 0 Å². The maximum atomic E-state index is 11.9. The van der Waals surface area contributed by atoms with Gasteiger partial charge >= 0.3 is 0 Å². The van der Waals surface area contributed by atoms with Crippen molar-refractivity contribution in [3.63, 3.8) is 0 Å². The van der Waals surface area contributed by atoms with Crippen LogP contribution in [0.5, 0.6) is 5.75 Å². The molecule has 4 rings (SSSR count). The first-order chi connectivity index (χ1) is 10.8. The number of methoxy groups -OCH3 is 1. The molecule has 1 N–H and O–H groups in total. The maximum Gasteiger partial charge on any atom is 0.223 e. The van der Waals surface area contributed by atoms with Crippen LogP contribution in [-0.4, -0.2) is 35.7 Å². The van der Waals surface area contributed by atoms with Crippen molar-refractivity contribution in [2.75, 3.05) is 20.3 Å². The van der Waals surface area contributed by atoms with Crippen molar-refractivity contribution in [2.24, 2.45) is 5.92 Å². The Morgan fingerprint density at radius 1 is 1.50 bits per heavy atom. The van der Waals surface area contributed by atoms with Gasteiger partial charge in [-0.15, -0.1) is 0 Å². The number of carbonyl (C=O) groups excluding carboxylic acids is 1. The first kappa shape index (κ1) is 13.6. The molecule has 1 aromatic carbocycles. The Bertz CT molecular complexity index is 721. The molecule has 0 radical (unpaired) electrons. The molecule has 1 aromatic heterocycles. The van der Waals surface area contributed by atoms with Gasteiger partial charge in [-0.2, -0.15) is 0 Å². The molecule has 1 amide bonds. The van der Waals surface area contributed by atoms with E-state index in [2.05, 4.69) is 14.9 Å². The second kappa shape index (κ2) is 5.28. The van der Waals surface area contributed by atoms with Crippen LogP contribution in [0.3, 0.4) is 0 Å². The lowest BCUT2D eigenvalue weighted by Gasteiger charge is -2.26. The van der Waals surface area contributed by atoms with Crippen molar-refractivity contribution in [1.29, 1.82) is 0 Å². The third-order valence-corrected chi connectivity index (χ3v) is 4.34. The van der Waals surface area contributed by atoms with E-state index in [-0.39, 0.29) is 17.9 Å². The van der Waals surface area contributed by atoms with Gasteiger partial charge in [-0.25, -0.2) is 4.98 Å². The predicted molar refractivity (Wildman–Crippen MR) is 80.7 cm³/mol. The molecule has 6 nitrogen and oxygen atoms in total. The molecular weight excluding hydrogens is 282 g/mol. The highest BCUT2D eigenvalue weighted by atomic mass is 16.5. The Morgan fingerprint density at radius 3 is 3.14 bits per heavy atom. The van der Waals surface area contributed by atoms with Crippen LogP contribution < -0.4 is 10.1 Å². The molecule has 1 aliphatic heterocycles. The Hall–Kier alpha value is -2.08. The van der Waals surface area contributed by atoms with Crippen molar-refractivity contribution in [3.8, 4) is 5.75 Å². The Balaban J connectivity index is 1.64. The molecule has 6 heteroatoms. The summed E-state index contributed by atoms with van der Waals surface area (Å²) in [4.78, 5) is 16.5. The van der Waals surface area contributed by atoms with Gasteiger partial charge in [-0.1, -0.05) is 0 Å². The van der Waals surface area contributed by atoms with Crippen molar-refractivity contribution < 1.29 is 14.3 Å². The zero-order chi connectivity index (χ0) is 15.1. The number of nitrogens with one attached hydrogen (secondary N) is 1. The lowest BCUT2D eigenvalue weighted by molar-refractivity contribution is -0.122. The minimum Gasteiger partial charge on any atom is -0.497 e. The zero-order valence-corrected chi connectivity index (χ0v) is 12.5. The van der Waals surface area contributed by atoms with Crippen molar-refractivity contribution in [3.05, 3.63) is 24.0 Å². The summed E-state index contributed by atoms with van der Waals surface area (Å²) in [5.41, 5.74) is 1.96. The molecule has 2 heterocycles. The molecule has 1 atom stereocenters. The molecule has 1 saturated carbocycles. The number of imidazole rings is 1. The van der Waals surface area contributed by atoms with Crippen molar-refractivity contribution >= 4 is 16.9 Å². The molecule has 0 spiro atoms. The smallest absolute Gasteiger partial charge is 0.223 e. The number of hydrogen-bond donors (Lipinski definition) is 1. The van der Waals surface area contributed by atoms with Crippen LogP contribution in [0.15, 0.2) is 18.2 Å². The van der Waals surface area contributed by atoms with E-state index >= 15 is 0 Å². The highest BCUT2D eigenvalue weighted by Crippen LogP contribution is 2.30. The molecular formula is C16H19N3O3. The molecule has 1 aliphatic carbocycles. The van der Waals surface area contributed by atoms with Gasteiger partial charge in [0.1, 0.15) is 18.2 Å². The fourth-order valence-electron chi connectivity index (χ4n) is 2.98. The molecule has 2 aliphatic rings. The summed E-state index contributed by atoms with van der Waals surface area (Å²) in [7, 11) is 1.66. The number of hydrogen-bond acceptors (Lipinski definition) is 4. The van der Waals surface area contributed by atoms with Gasteiger partial charge < -0.3 is 19.4 Å². The SMILES string of the molecule is COc1ccc2nc3n(c2c1)C(CNC(=O)C1CC1)COC3. The van der Waals surface area contributed by atoms with E-state index in [4.69, 9.17) is 9.47 Å². The molecule has 1 fully saturated rings. The summed E-state index contributed by atoms with van der Waals surface area (Å²) in [6.07, 6.45) is 2.03. The van der Waals surface area contributed by atoms with Crippen molar-refractivity contribution in [2.45, 2.75) is 25.5 Å². The number of benzene rings is 1. The Kier molecular flexibility index (Phi) is 3.26. The van der Waals surface area contributed by atoms with Crippen LogP contribution in [0, 0.1) is 5.92 Å². The number of rotatable bonds is 4. The summed E-state index contributed by atoms with van der Waals surface area (Å²) in [6, 6.07) is 5.93. The Labute approximate surface area is 128 Å². The summed E-state index contributed by atoms with van der Waals surface area (Å²) in [5.74, 6) is 2.10. The van der Waals surface area contributed by atoms with Gasteiger partial charge in [0.25, 0.3) is 0 Å². The average molecular weight is 301 g/mol. The molecule has 116 valence electrons. The molecule has 0 bridgehead atoms. The fourth-order valence-corrected chi connectivity index (χ4v) is 2.98. The number of amides is 1. The van der Waals surface area contributed by atoms with Gasteiger partial charge in [-0.05, 0) is 25.0 Å².